The first-order valence-electron chi connectivity index (χ1n) is 25.6. The SMILES string of the molecule is CN1c2ccccc2N(c2ccc3c(-c4ccc5c6cccc7cccc(c8cccc4c85)c76)c4cc(N5c6ccccc6N(C)c6ccccc65)ccc4c(-c4ccc5ccccc5c4)c3c2)c2ccccc21. The van der Waals surface area contributed by atoms with E-state index >= 15 is 0 Å². The van der Waals surface area contributed by atoms with Gasteiger partial charge in [-0.1, -0.05) is 164 Å². The summed E-state index contributed by atoms with van der Waals surface area (Å²) in [5.41, 5.74) is 16.3. The quantitative estimate of drug-likeness (QED) is 0.129. The fourth-order valence-corrected chi connectivity index (χ4v) is 13.1. The molecule has 14 aromatic rings. The van der Waals surface area contributed by atoms with Crippen molar-refractivity contribution in [2.45, 2.75) is 0 Å². The molecule has 0 aromatic heterocycles. The van der Waals surface area contributed by atoms with Crippen LogP contribution in [0.25, 0.3) is 97.7 Å². The predicted molar refractivity (Wildman–Crippen MR) is 317 cm³/mol. The Kier molecular flexibility index (Phi) is 8.55. The molecule has 2 aliphatic rings. The van der Waals surface area contributed by atoms with Gasteiger partial charge in [0.05, 0.1) is 45.5 Å². The van der Waals surface area contributed by atoms with Gasteiger partial charge in [0, 0.05) is 25.5 Å². The summed E-state index contributed by atoms with van der Waals surface area (Å²) in [6, 6.07) is 90.8. The maximum absolute atomic E-state index is 2.49. The molecule has 0 unspecified atom stereocenters. The zero-order valence-corrected chi connectivity index (χ0v) is 40.9. The molecule has 0 aliphatic carbocycles. The Balaban J connectivity index is 1.06. The van der Waals surface area contributed by atoms with E-state index in [-0.39, 0.29) is 0 Å². The lowest BCUT2D eigenvalue weighted by atomic mass is 9.82. The highest BCUT2D eigenvalue weighted by Gasteiger charge is 2.31. The van der Waals surface area contributed by atoms with Gasteiger partial charge < -0.3 is 19.6 Å². The molecule has 74 heavy (non-hydrogen) atoms. The predicted octanol–water partition coefficient (Wildman–Crippen LogP) is 19.6. The summed E-state index contributed by atoms with van der Waals surface area (Å²) in [5.74, 6) is 0. The first-order chi connectivity index (χ1) is 36.6. The molecule has 14 aromatic carbocycles. The number of fused-ring (bicyclic) bond motifs is 9. The Bertz CT molecular complexity index is 4540. The van der Waals surface area contributed by atoms with Crippen LogP contribution < -0.4 is 19.6 Å². The van der Waals surface area contributed by atoms with E-state index in [1.54, 1.807) is 0 Å². The molecule has 0 saturated heterocycles. The standard InChI is InChI=1S/C70H46N4/c1-71-59-24-5-9-28-63(59)73(64-29-10-6-25-60(64)71)47-35-37-56-57(41-47)68(46-33-32-43-16-3-4-17-45(43)40-46)55-36-34-48(74-65-30-11-7-26-61(65)72(2)62-27-8-12-31-66(62)74)42-58(55)70(56)54-39-38-53-50-21-14-19-44-18-13-20-49(67(44)50)51-22-15-23-52(54)69(51)53/h3-42H,1-2H3. The average molecular weight is 943 g/mol. The number of rotatable bonds is 4. The van der Waals surface area contributed by atoms with Crippen molar-refractivity contribution in [3.8, 4) is 22.3 Å². The molecule has 4 heteroatoms. The number of para-hydroxylation sites is 8. The Morgan fingerprint density at radius 3 is 1.20 bits per heavy atom. The van der Waals surface area contributed by atoms with E-state index in [2.05, 4.69) is 276 Å². The van der Waals surface area contributed by atoms with Gasteiger partial charge in [-0.15, -0.1) is 0 Å². The van der Waals surface area contributed by atoms with Crippen LogP contribution >= 0.6 is 0 Å². The van der Waals surface area contributed by atoms with Gasteiger partial charge in [-0.3, -0.25) is 0 Å². The zero-order valence-electron chi connectivity index (χ0n) is 40.9. The molecule has 0 atom stereocenters. The average Bonchev–Trinajstić information content (AvgIpc) is 3.52. The monoisotopic (exact) mass is 942 g/mol. The van der Waals surface area contributed by atoms with Gasteiger partial charge in [-0.25, -0.2) is 0 Å². The highest BCUT2D eigenvalue weighted by atomic mass is 15.3. The molecule has 0 spiro atoms. The molecule has 346 valence electrons. The fraction of sp³-hybridized carbons (Fsp3) is 0.0286. The van der Waals surface area contributed by atoms with Gasteiger partial charge in [0.1, 0.15) is 0 Å². The number of anilines is 10. The Hall–Kier alpha value is -9.64. The lowest BCUT2D eigenvalue weighted by Crippen LogP contribution is -2.24. The number of hydrogen-bond acceptors (Lipinski definition) is 4. The number of benzene rings is 14. The van der Waals surface area contributed by atoms with Gasteiger partial charge in [0.15, 0.2) is 0 Å². The summed E-state index contributed by atoms with van der Waals surface area (Å²) in [7, 11) is 4.36. The highest BCUT2D eigenvalue weighted by Crippen LogP contribution is 2.56. The van der Waals surface area contributed by atoms with Crippen LogP contribution in [0.3, 0.4) is 0 Å². The van der Waals surface area contributed by atoms with Crippen LogP contribution in [0.2, 0.25) is 0 Å². The molecule has 0 fully saturated rings. The van der Waals surface area contributed by atoms with Crippen molar-refractivity contribution in [3.63, 3.8) is 0 Å². The van der Waals surface area contributed by atoms with Crippen molar-refractivity contribution in [1.29, 1.82) is 0 Å². The van der Waals surface area contributed by atoms with Gasteiger partial charge in [0.25, 0.3) is 0 Å². The summed E-state index contributed by atoms with van der Waals surface area (Å²) in [6.45, 7) is 0. The minimum absolute atomic E-state index is 1.11. The molecule has 2 heterocycles. The second-order valence-corrected chi connectivity index (χ2v) is 20.1. The number of hydrogen-bond donors (Lipinski definition) is 0. The van der Waals surface area contributed by atoms with E-state index < -0.39 is 0 Å². The van der Waals surface area contributed by atoms with Crippen molar-refractivity contribution in [1.82, 2.24) is 0 Å². The largest absolute Gasteiger partial charge is 0.341 e. The van der Waals surface area contributed by atoms with Crippen molar-refractivity contribution in [2.24, 2.45) is 0 Å². The molecule has 0 radical (unpaired) electrons. The van der Waals surface area contributed by atoms with Crippen LogP contribution in [0.4, 0.5) is 56.9 Å². The maximum atomic E-state index is 2.49. The molecular formula is C70H46N4. The third kappa shape index (κ3) is 5.68. The second-order valence-electron chi connectivity index (χ2n) is 20.1. The lowest BCUT2D eigenvalue weighted by molar-refractivity contribution is 1.13. The van der Waals surface area contributed by atoms with E-state index in [0.717, 1.165) is 34.1 Å². The Labute approximate surface area is 428 Å². The second kappa shape index (κ2) is 15.4. The maximum Gasteiger partial charge on any atom is 0.0699 e. The van der Waals surface area contributed by atoms with E-state index in [0.29, 0.717) is 0 Å². The van der Waals surface area contributed by atoms with Crippen LogP contribution in [-0.2, 0) is 0 Å². The fourth-order valence-electron chi connectivity index (χ4n) is 13.1. The first kappa shape index (κ1) is 41.0. The van der Waals surface area contributed by atoms with Crippen LogP contribution in [0.15, 0.2) is 243 Å². The molecule has 2 aliphatic heterocycles. The van der Waals surface area contributed by atoms with Gasteiger partial charge in [-0.05, 0) is 177 Å². The number of nitrogens with zero attached hydrogens (tertiary/aromatic N) is 4. The van der Waals surface area contributed by atoms with Crippen molar-refractivity contribution >= 4 is 132 Å². The smallest absolute Gasteiger partial charge is 0.0699 e. The van der Waals surface area contributed by atoms with E-state index in [1.165, 1.54) is 120 Å². The Morgan fingerprint density at radius 2 is 0.649 bits per heavy atom. The van der Waals surface area contributed by atoms with Crippen molar-refractivity contribution in [2.75, 3.05) is 33.7 Å². The van der Waals surface area contributed by atoms with Crippen LogP contribution in [0, 0.1) is 0 Å². The van der Waals surface area contributed by atoms with Gasteiger partial charge >= 0.3 is 0 Å². The van der Waals surface area contributed by atoms with Crippen LogP contribution in [-0.4, -0.2) is 14.1 Å². The minimum atomic E-state index is 1.11. The van der Waals surface area contributed by atoms with Gasteiger partial charge in [0.2, 0.25) is 0 Å². The molecule has 0 amide bonds. The summed E-state index contributed by atoms with van der Waals surface area (Å²) >= 11 is 0. The molecule has 4 nitrogen and oxygen atoms in total. The lowest BCUT2D eigenvalue weighted by Gasteiger charge is -2.39. The summed E-state index contributed by atoms with van der Waals surface area (Å²) < 4.78 is 0. The van der Waals surface area contributed by atoms with Crippen molar-refractivity contribution in [3.05, 3.63) is 243 Å². The molecule has 0 N–H and O–H groups in total. The Morgan fingerprint density at radius 1 is 0.243 bits per heavy atom. The van der Waals surface area contributed by atoms with E-state index in [9.17, 15) is 0 Å². The normalized spacial score (nSPS) is 13.2. The molecular weight excluding hydrogens is 897 g/mol. The summed E-state index contributed by atoms with van der Waals surface area (Å²) in [5, 5.41) is 17.6. The minimum Gasteiger partial charge on any atom is -0.341 e. The summed E-state index contributed by atoms with van der Waals surface area (Å²) in [4.78, 5) is 9.57. The third-order valence-electron chi connectivity index (χ3n) is 16.4. The van der Waals surface area contributed by atoms with E-state index in [1.807, 2.05) is 0 Å². The van der Waals surface area contributed by atoms with Crippen LogP contribution in [0.1, 0.15) is 0 Å². The van der Waals surface area contributed by atoms with Gasteiger partial charge in [-0.2, -0.15) is 0 Å². The van der Waals surface area contributed by atoms with Crippen molar-refractivity contribution < 1.29 is 0 Å². The summed E-state index contributed by atoms with van der Waals surface area (Å²) in [6.07, 6.45) is 0. The van der Waals surface area contributed by atoms with E-state index in [4.69, 9.17) is 0 Å². The third-order valence-corrected chi connectivity index (χ3v) is 16.4. The molecule has 16 rings (SSSR count). The molecule has 0 bridgehead atoms. The zero-order chi connectivity index (χ0) is 48.8. The van der Waals surface area contributed by atoms with Crippen LogP contribution in [0.5, 0.6) is 0 Å². The first-order valence-corrected chi connectivity index (χ1v) is 25.6. The highest BCUT2D eigenvalue weighted by molar-refractivity contribution is 6.35. The topological polar surface area (TPSA) is 13.0 Å². The molecule has 0 saturated carbocycles.